The third kappa shape index (κ3) is 8.66. The van der Waals surface area contributed by atoms with E-state index >= 15 is 0 Å². The molecule has 8 rings (SSSR count). The molecule has 2 aliphatic rings. The zero-order chi connectivity index (χ0) is 40.1. The molecule has 16 heteroatoms. The number of aromatic nitrogens is 4. The van der Waals surface area contributed by atoms with Crippen molar-refractivity contribution in [3.05, 3.63) is 158 Å². The summed E-state index contributed by atoms with van der Waals surface area (Å²) in [5, 5.41) is 0. The van der Waals surface area contributed by atoms with Gasteiger partial charge in [0.15, 0.2) is 0 Å². The fraction of sp³-hybridized carbons (Fsp3) is 0.317. The molecule has 4 N–H and O–H groups in total. The van der Waals surface area contributed by atoms with Gasteiger partial charge in [-0.25, -0.2) is 0 Å². The smallest absolute Gasteiger partial charge is 0.316 e. The van der Waals surface area contributed by atoms with Crippen molar-refractivity contribution in [3.8, 4) is 0 Å². The van der Waals surface area contributed by atoms with Gasteiger partial charge in [0.1, 0.15) is 0 Å². The average molecular weight is 795 g/mol. The molecule has 0 saturated heterocycles. The van der Waals surface area contributed by atoms with Crippen molar-refractivity contribution in [1.82, 2.24) is 29.7 Å². The summed E-state index contributed by atoms with van der Waals surface area (Å²) in [5.74, 6) is 0. The Balaban J connectivity index is 0.000000189. The van der Waals surface area contributed by atoms with Crippen LogP contribution in [-0.2, 0) is 51.4 Å². The maximum absolute atomic E-state index is 12.7. The molecular weight excluding hydrogens is 754 g/mol. The van der Waals surface area contributed by atoms with Gasteiger partial charge >= 0.3 is 34.6 Å². The first-order valence-corrected chi connectivity index (χ1v) is 17.8. The van der Waals surface area contributed by atoms with Crippen LogP contribution in [0, 0.1) is 13.8 Å². The summed E-state index contributed by atoms with van der Waals surface area (Å²) in [7, 11) is 0. The van der Waals surface area contributed by atoms with Gasteiger partial charge in [-0.2, -0.15) is 26.3 Å². The number of hydrogen-bond acceptors (Lipinski definition) is 6. The average Bonchev–Trinajstić information content (AvgIpc) is 3.13. The monoisotopic (exact) mass is 794 g/mol. The second-order valence-electron chi connectivity index (χ2n) is 14.3. The Kier molecular flexibility index (Phi) is 11.2. The molecule has 6 aromatic rings. The first kappa shape index (κ1) is 40.9. The van der Waals surface area contributed by atoms with Gasteiger partial charge in [-0.1, -0.05) is 31.7 Å². The van der Waals surface area contributed by atoms with Gasteiger partial charge in [0.2, 0.25) is 0 Å². The Labute approximate surface area is 321 Å². The van der Waals surface area contributed by atoms with E-state index in [0.29, 0.717) is 48.2 Å². The van der Waals surface area contributed by atoms with Crippen LogP contribution in [0.15, 0.2) is 79.8 Å². The Morgan fingerprint density at radius 1 is 0.526 bits per heavy atom. The van der Waals surface area contributed by atoms with E-state index in [9.17, 15) is 45.5 Å². The lowest BCUT2D eigenvalue weighted by molar-refractivity contribution is -0.138. The second-order valence-corrected chi connectivity index (χ2v) is 14.3. The number of nitrogens with zero attached hydrogens (tertiary/aromatic N) is 2. The maximum atomic E-state index is 12.7. The van der Waals surface area contributed by atoms with E-state index in [1.165, 1.54) is 24.3 Å². The highest BCUT2D eigenvalue weighted by Crippen LogP contribution is 2.33. The standard InChI is InChI=1S/2C20H18F3N3O2.CH4/c2*1-11-8-16-17(25-19(28)18(27)24-16)15-10-26(7-6-14(11)15)9-12-2-4-13(5-3-12)20(21,22)23;/h2*2-5,8H,6-7,9-10H2,1H3,(H,24,27)(H,25,28);1H4. The van der Waals surface area contributed by atoms with E-state index < -0.39 is 45.7 Å². The summed E-state index contributed by atoms with van der Waals surface area (Å²) < 4.78 is 76.4. The van der Waals surface area contributed by atoms with Gasteiger partial charge in [0.25, 0.3) is 0 Å². The largest absolute Gasteiger partial charge is 0.416 e. The van der Waals surface area contributed by atoms with E-state index in [2.05, 4.69) is 29.7 Å². The van der Waals surface area contributed by atoms with Crippen molar-refractivity contribution in [2.75, 3.05) is 13.1 Å². The van der Waals surface area contributed by atoms with Gasteiger partial charge < -0.3 is 19.9 Å². The van der Waals surface area contributed by atoms with E-state index in [1.807, 2.05) is 26.0 Å². The Hall–Kier alpha value is -5.74. The number of alkyl halides is 6. The third-order valence-corrected chi connectivity index (χ3v) is 10.4. The van der Waals surface area contributed by atoms with E-state index in [0.717, 1.165) is 94.7 Å². The van der Waals surface area contributed by atoms with Crippen LogP contribution in [0.2, 0.25) is 0 Å². The lowest BCUT2D eigenvalue weighted by Crippen LogP contribution is -2.33. The quantitative estimate of drug-likeness (QED) is 0.114. The fourth-order valence-corrected chi connectivity index (χ4v) is 7.61. The molecule has 2 aliphatic heterocycles. The van der Waals surface area contributed by atoms with Crippen LogP contribution in [0.5, 0.6) is 0 Å². The predicted octanol–water partition coefficient (Wildman–Crippen LogP) is 6.84. The molecule has 0 amide bonds. The third-order valence-electron chi connectivity index (χ3n) is 10.4. The number of aromatic amines is 4. The normalized spacial score (nSPS) is 14.7. The summed E-state index contributed by atoms with van der Waals surface area (Å²) in [4.78, 5) is 61.6. The summed E-state index contributed by atoms with van der Waals surface area (Å²) in [6.07, 6.45) is -7.17. The van der Waals surface area contributed by atoms with Crippen molar-refractivity contribution in [3.63, 3.8) is 0 Å². The number of H-pyrrole nitrogens is 4. The first-order valence-electron chi connectivity index (χ1n) is 17.8. The molecule has 0 saturated carbocycles. The van der Waals surface area contributed by atoms with Crippen molar-refractivity contribution < 1.29 is 26.3 Å². The van der Waals surface area contributed by atoms with Gasteiger partial charge in [0, 0.05) is 39.3 Å². The molecule has 0 atom stereocenters. The van der Waals surface area contributed by atoms with Crippen molar-refractivity contribution in [2.45, 2.75) is 72.6 Å². The molecule has 4 aromatic carbocycles. The lowest BCUT2D eigenvalue weighted by atomic mass is 9.93. The van der Waals surface area contributed by atoms with E-state index in [1.54, 1.807) is 0 Å². The Morgan fingerprint density at radius 3 is 1.19 bits per heavy atom. The SMILES string of the molecule is C.Cc1cc2[nH]c(=O)c(=O)[nH]c2c2c1CCN(Cc1ccc(C(F)(F)F)cc1)C2.Cc1cc2[nH]c(=O)c(=O)[nH]c2c2c1CCN(Cc1ccc(C(F)(F)F)cc1)C2. The van der Waals surface area contributed by atoms with Crippen molar-refractivity contribution in [2.24, 2.45) is 0 Å². The van der Waals surface area contributed by atoms with Crippen LogP contribution in [-0.4, -0.2) is 42.8 Å². The predicted molar refractivity (Wildman–Crippen MR) is 205 cm³/mol. The molecule has 10 nitrogen and oxygen atoms in total. The molecule has 0 bridgehead atoms. The Morgan fingerprint density at radius 2 is 0.860 bits per heavy atom. The summed E-state index contributed by atoms with van der Waals surface area (Å²) >= 11 is 0. The number of fused-ring (bicyclic) bond motifs is 6. The first-order chi connectivity index (χ1) is 26.4. The highest BCUT2D eigenvalue weighted by atomic mass is 19.4. The number of nitrogens with one attached hydrogen (secondary N) is 4. The summed E-state index contributed by atoms with van der Waals surface area (Å²) in [6, 6.07) is 14.1. The molecule has 0 spiro atoms. The van der Waals surface area contributed by atoms with Gasteiger partial charge in [-0.05, 0) is 108 Å². The van der Waals surface area contributed by atoms with Crippen molar-refractivity contribution >= 4 is 22.1 Å². The molecule has 0 unspecified atom stereocenters. The van der Waals surface area contributed by atoms with Crippen LogP contribution in [0.3, 0.4) is 0 Å². The molecule has 300 valence electrons. The van der Waals surface area contributed by atoms with Crippen LogP contribution in [0.1, 0.15) is 63.1 Å². The highest BCUT2D eigenvalue weighted by molar-refractivity contribution is 5.81. The molecular formula is C41H40F6N6O4. The van der Waals surface area contributed by atoms with Crippen molar-refractivity contribution in [1.29, 1.82) is 0 Å². The van der Waals surface area contributed by atoms with Gasteiger partial charge in [-0.15, -0.1) is 0 Å². The molecule has 0 aliphatic carbocycles. The second kappa shape index (κ2) is 15.7. The minimum Gasteiger partial charge on any atom is -0.316 e. The zero-order valence-corrected chi connectivity index (χ0v) is 30.2. The fourth-order valence-electron chi connectivity index (χ4n) is 7.61. The molecule has 0 radical (unpaired) electrons. The Bertz CT molecular complexity index is 2510. The minimum atomic E-state index is -4.35. The van der Waals surface area contributed by atoms with Crippen LogP contribution in [0.4, 0.5) is 26.3 Å². The molecule has 0 fully saturated rings. The maximum Gasteiger partial charge on any atom is 0.416 e. The zero-order valence-electron chi connectivity index (χ0n) is 30.2. The molecule has 57 heavy (non-hydrogen) atoms. The number of aryl methyl sites for hydroxylation is 2. The van der Waals surface area contributed by atoms with Crippen LogP contribution >= 0.6 is 0 Å². The van der Waals surface area contributed by atoms with Crippen LogP contribution in [0.25, 0.3) is 22.1 Å². The number of hydrogen-bond donors (Lipinski definition) is 4. The molecule has 4 heterocycles. The van der Waals surface area contributed by atoms with Gasteiger partial charge in [-0.3, -0.25) is 29.0 Å². The highest BCUT2D eigenvalue weighted by Gasteiger charge is 2.31. The van der Waals surface area contributed by atoms with Crippen LogP contribution < -0.4 is 22.2 Å². The van der Waals surface area contributed by atoms with Gasteiger partial charge in [0.05, 0.1) is 33.2 Å². The number of benzene rings is 4. The number of halogens is 6. The lowest BCUT2D eigenvalue weighted by Gasteiger charge is -2.30. The summed E-state index contributed by atoms with van der Waals surface area (Å²) in [6.45, 7) is 7.52. The van der Waals surface area contributed by atoms with E-state index in [4.69, 9.17) is 0 Å². The molecule has 2 aromatic heterocycles. The summed E-state index contributed by atoms with van der Waals surface area (Å²) in [5.41, 5.74) is 6.11. The van der Waals surface area contributed by atoms with E-state index in [-0.39, 0.29) is 7.43 Å². The minimum absolute atomic E-state index is 0. The number of rotatable bonds is 4. The topological polar surface area (TPSA) is 138 Å².